The first-order chi connectivity index (χ1) is 13.1. The monoisotopic (exact) mass is 405 g/mol. The highest BCUT2D eigenvalue weighted by atomic mass is 35.5. The van der Waals surface area contributed by atoms with Gasteiger partial charge in [-0.25, -0.2) is 0 Å². The standard InChI is InChI=1S/C20H24ClN3O2S/c1-3-4-10-26-19-17(21)11-16(12-18(19)25-2)13-23-24-20(22)27-14-15-8-6-5-7-9-15/h5-9,11-13H,3-4,10,14H2,1-2H3,(H2,22,24). The van der Waals surface area contributed by atoms with Crippen LogP contribution in [0.4, 0.5) is 0 Å². The molecule has 0 amide bonds. The van der Waals surface area contributed by atoms with Gasteiger partial charge in [0.2, 0.25) is 0 Å². The van der Waals surface area contributed by atoms with E-state index in [-0.39, 0.29) is 0 Å². The molecule has 0 spiro atoms. The van der Waals surface area contributed by atoms with Crippen molar-refractivity contribution >= 4 is 34.7 Å². The maximum absolute atomic E-state index is 6.32. The predicted octanol–water partition coefficient (Wildman–Crippen LogP) is 5.11. The fourth-order valence-corrected chi connectivity index (χ4v) is 3.07. The van der Waals surface area contributed by atoms with E-state index in [1.165, 1.54) is 17.3 Å². The molecule has 0 radical (unpaired) electrons. The van der Waals surface area contributed by atoms with Crippen molar-refractivity contribution in [2.45, 2.75) is 25.5 Å². The summed E-state index contributed by atoms with van der Waals surface area (Å²) < 4.78 is 11.1. The molecule has 2 N–H and O–H groups in total. The van der Waals surface area contributed by atoms with E-state index >= 15 is 0 Å². The van der Waals surface area contributed by atoms with Gasteiger partial charge in [0.15, 0.2) is 16.7 Å². The zero-order valence-corrected chi connectivity index (χ0v) is 17.1. The lowest BCUT2D eigenvalue weighted by Crippen LogP contribution is -2.06. The van der Waals surface area contributed by atoms with Crippen molar-refractivity contribution in [2.24, 2.45) is 15.9 Å². The second-order valence-electron chi connectivity index (χ2n) is 5.69. The molecule has 0 bridgehead atoms. The lowest BCUT2D eigenvalue weighted by molar-refractivity contribution is 0.288. The van der Waals surface area contributed by atoms with Crippen molar-refractivity contribution in [2.75, 3.05) is 13.7 Å². The molecule has 0 aliphatic rings. The third-order valence-corrected chi connectivity index (χ3v) is 4.72. The average molecular weight is 406 g/mol. The molecule has 0 heterocycles. The highest BCUT2D eigenvalue weighted by molar-refractivity contribution is 8.13. The lowest BCUT2D eigenvalue weighted by Gasteiger charge is -2.12. The Morgan fingerprint density at radius 2 is 2.04 bits per heavy atom. The summed E-state index contributed by atoms with van der Waals surface area (Å²) in [5.41, 5.74) is 7.83. The van der Waals surface area contributed by atoms with Gasteiger partial charge < -0.3 is 15.2 Å². The second-order valence-corrected chi connectivity index (χ2v) is 7.10. The molecule has 7 heteroatoms. The highest BCUT2D eigenvalue weighted by Gasteiger charge is 2.11. The summed E-state index contributed by atoms with van der Waals surface area (Å²) >= 11 is 7.75. The second kappa shape index (κ2) is 11.5. The minimum atomic E-state index is 0.396. The summed E-state index contributed by atoms with van der Waals surface area (Å²) in [6.45, 7) is 2.70. The predicted molar refractivity (Wildman–Crippen MR) is 115 cm³/mol. The van der Waals surface area contributed by atoms with Crippen molar-refractivity contribution < 1.29 is 9.47 Å². The Morgan fingerprint density at radius 3 is 2.74 bits per heavy atom. The lowest BCUT2D eigenvalue weighted by atomic mass is 10.2. The van der Waals surface area contributed by atoms with Crippen LogP contribution >= 0.6 is 23.4 Å². The molecule has 0 fully saturated rings. The topological polar surface area (TPSA) is 69.2 Å². The van der Waals surface area contributed by atoms with Crippen molar-refractivity contribution in [1.82, 2.24) is 0 Å². The molecule has 0 atom stereocenters. The molecule has 0 aromatic heterocycles. The first-order valence-corrected chi connectivity index (χ1v) is 10.0. The van der Waals surface area contributed by atoms with Crippen LogP contribution in [0.3, 0.4) is 0 Å². The van der Waals surface area contributed by atoms with E-state index in [1.807, 2.05) is 30.3 Å². The summed E-state index contributed by atoms with van der Waals surface area (Å²) in [4.78, 5) is 0. The third-order valence-electron chi connectivity index (χ3n) is 3.59. The van der Waals surface area contributed by atoms with Gasteiger partial charge in [-0.3, -0.25) is 0 Å². The number of ether oxygens (including phenoxy) is 2. The smallest absolute Gasteiger partial charge is 0.180 e. The van der Waals surface area contributed by atoms with E-state index in [0.29, 0.717) is 28.3 Å². The Labute approximate surface area is 169 Å². The van der Waals surface area contributed by atoms with Gasteiger partial charge in [0.05, 0.1) is 25.0 Å². The summed E-state index contributed by atoms with van der Waals surface area (Å²) in [6, 6.07) is 13.6. The molecule has 2 rings (SSSR count). The largest absolute Gasteiger partial charge is 0.493 e. The summed E-state index contributed by atoms with van der Waals surface area (Å²) in [5, 5.41) is 8.92. The van der Waals surface area contributed by atoms with Crippen molar-refractivity contribution in [3.63, 3.8) is 0 Å². The molecule has 2 aromatic carbocycles. The number of rotatable bonds is 9. The van der Waals surface area contributed by atoms with Crippen LogP contribution in [0.1, 0.15) is 30.9 Å². The summed E-state index contributed by atoms with van der Waals surface area (Å²) in [6.07, 6.45) is 3.59. The van der Waals surface area contributed by atoms with Crippen LogP contribution < -0.4 is 15.2 Å². The van der Waals surface area contributed by atoms with Gasteiger partial charge in [-0.15, -0.1) is 5.10 Å². The van der Waals surface area contributed by atoms with Crippen LogP contribution in [-0.4, -0.2) is 25.1 Å². The Kier molecular flexibility index (Phi) is 9.01. The zero-order chi connectivity index (χ0) is 19.5. The number of unbranched alkanes of at least 4 members (excludes halogenated alkanes) is 1. The van der Waals surface area contributed by atoms with Crippen molar-refractivity contribution in [1.29, 1.82) is 0 Å². The molecular formula is C20H24ClN3O2S. The maximum atomic E-state index is 6.32. The Hall–Kier alpha value is -2.18. The van der Waals surface area contributed by atoms with E-state index in [2.05, 4.69) is 17.1 Å². The van der Waals surface area contributed by atoms with E-state index in [4.69, 9.17) is 26.8 Å². The molecular weight excluding hydrogens is 382 g/mol. The normalized spacial score (nSPS) is 11.7. The minimum Gasteiger partial charge on any atom is -0.493 e. The van der Waals surface area contributed by atoms with Crippen molar-refractivity contribution in [3.05, 3.63) is 58.6 Å². The zero-order valence-electron chi connectivity index (χ0n) is 15.5. The van der Waals surface area contributed by atoms with Gasteiger partial charge in [0, 0.05) is 11.3 Å². The molecule has 27 heavy (non-hydrogen) atoms. The maximum Gasteiger partial charge on any atom is 0.180 e. The number of hydrogen-bond donors (Lipinski definition) is 1. The fourth-order valence-electron chi connectivity index (χ4n) is 2.19. The van der Waals surface area contributed by atoms with Gasteiger partial charge in [0.1, 0.15) is 0 Å². The number of hydrogen-bond acceptors (Lipinski definition) is 5. The van der Waals surface area contributed by atoms with Crippen LogP contribution in [0.25, 0.3) is 0 Å². The minimum absolute atomic E-state index is 0.396. The molecule has 0 saturated heterocycles. The number of nitrogens with zero attached hydrogens (tertiary/aromatic N) is 2. The average Bonchev–Trinajstić information content (AvgIpc) is 2.68. The fraction of sp³-hybridized carbons (Fsp3) is 0.300. The van der Waals surface area contributed by atoms with E-state index in [0.717, 1.165) is 24.2 Å². The first-order valence-electron chi connectivity index (χ1n) is 8.67. The number of methoxy groups -OCH3 is 1. The van der Waals surface area contributed by atoms with Crippen LogP contribution in [-0.2, 0) is 5.75 Å². The molecule has 0 aliphatic heterocycles. The molecule has 5 nitrogen and oxygen atoms in total. The quantitative estimate of drug-likeness (QED) is 0.272. The van der Waals surface area contributed by atoms with Crippen molar-refractivity contribution in [3.8, 4) is 11.5 Å². The van der Waals surface area contributed by atoms with E-state index in [1.54, 1.807) is 25.5 Å². The Morgan fingerprint density at radius 1 is 1.26 bits per heavy atom. The number of benzene rings is 2. The molecule has 144 valence electrons. The Bertz CT molecular complexity index is 782. The first kappa shape index (κ1) is 21.1. The Balaban J connectivity index is 1.99. The van der Waals surface area contributed by atoms with Crippen LogP contribution in [0.5, 0.6) is 11.5 Å². The SMILES string of the molecule is CCCCOc1c(Cl)cc(C=NN=C(N)SCc2ccccc2)cc1OC. The summed E-state index contributed by atoms with van der Waals surface area (Å²) in [5.74, 6) is 1.86. The van der Waals surface area contributed by atoms with E-state index in [9.17, 15) is 0 Å². The number of thioether (sulfide) groups is 1. The molecule has 0 aliphatic carbocycles. The molecule has 2 aromatic rings. The van der Waals surface area contributed by atoms with Gasteiger partial charge in [-0.1, -0.05) is 67.0 Å². The van der Waals surface area contributed by atoms with Crippen LogP contribution in [0.2, 0.25) is 5.02 Å². The molecule has 0 saturated carbocycles. The number of amidine groups is 1. The number of nitrogens with two attached hydrogens (primary N) is 1. The number of halogens is 1. The van der Waals surface area contributed by atoms with Crippen LogP contribution in [0, 0.1) is 0 Å². The van der Waals surface area contributed by atoms with Gasteiger partial charge >= 0.3 is 0 Å². The van der Waals surface area contributed by atoms with Gasteiger partial charge in [0.25, 0.3) is 0 Å². The van der Waals surface area contributed by atoms with Gasteiger partial charge in [-0.2, -0.15) is 5.10 Å². The van der Waals surface area contributed by atoms with Gasteiger partial charge in [-0.05, 0) is 24.1 Å². The van der Waals surface area contributed by atoms with Crippen LogP contribution in [0.15, 0.2) is 52.7 Å². The summed E-state index contributed by atoms with van der Waals surface area (Å²) in [7, 11) is 1.58. The highest BCUT2D eigenvalue weighted by Crippen LogP contribution is 2.36. The molecule has 0 unspecified atom stereocenters. The van der Waals surface area contributed by atoms with E-state index < -0.39 is 0 Å². The third kappa shape index (κ3) is 7.15.